The minimum absolute atomic E-state index is 0.0913. The Hall–Kier alpha value is -3.82. The Labute approximate surface area is 211 Å². The lowest BCUT2D eigenvalue weighted by atomic mass is 9.87. The van der Waals surface area contributed by atoms with Gasteiger partial charge in [-0.1, -0.05) is 19.1 Å². The van der Waals surface area contributed by atoms with E-state index in [0.717, 1.165) is 39.7 Å². The maximum atomic E-state index is 6.18. The first-order chi connectivity index (χ1) is 17.4. The number of nitrogens with zero attached hydrogens (tertiary/aromatic N) is 8. The van der Waals surface area contributed by atoms with Crippen LogP contribution in [0.1, 0.15) is 56.8 Å². The number of nitrogens with one attached hydrogen (secondary N) is 1. The SMILES string of the molecule is Cc1ccc(-c2cnc(Nc3cn(C4CCC(C)CC4)nc3C)nc2)cc1O[C@@H](C)Cn1cnnn1. The average molecular weight is 488 g/mol. The Morgan fingerprint density at radius 2 is 1.86 bits per heavy atom. The number of aromatic nitrogens is 8. The van der Waals surface area contributed by atoms with Crippen molar-refractivity contribution in [1.29, 1.82) is 0 Å². The first-order valence-corrected chi connectivity index (χ1v) is 12.6. The molecule has 1 aliphatic carbocycles. The Kier molecular flexibility index (Phi) is 6.92. The van der Waals surface area contributed by atoms with E-state index < -0.39 is 0 Å². The van der Waals surface area contributed by atoms with Gasteiger partial charge in [0.2, 0.25) is 5.95 Å². The summed E-state index contributed by atoms with van der Waals surface area (Å²) in [5.41, 5.74) is 4.87. The van der Waals surface area contributed by atoms with Crippen LogP contribution in [0.4, 0.5) is 11.6 Å². The number of rotatable bonds is 8. The van der Waals surface area contributed by atoms with E-state index in [-0.39, 0.29) is 6.10 Å². The molecule has 0 unspecified atom stereocenters. The second kappa shape index (κ2) is 10.4. The van der Waals surface area contributed by atoms with Crippen LogP contribution in [-0.2, 0) is 6.54 Å². The molecule has 5 rings (SSSR count). The Morgan fingerprint density at radius 3 is 2.58 bits per heavy atom. The summed E-state index contributed by atoms with van der Waals surface area (Å²) in [4.78, 5) is 9.12. The molecule has 1 aromatic carbocycles. The van der Waals surface area contributed by atoms with Crippen molar-refractivity contribution in [1.82, 2.24) is 40.0 Å². The van der Waals surface area contributed by atoms with E-state index in [0.29, 0.717) is 18.5 Å². The number of anilines is 2. The molecular formula is C26H33N9O. The van der Waals surface area contributed by atoms with Crippen molar-refractivity contribution in [2.45, 2.75) is 72.1 Å². The summed E-state index contributed by atoms with van der Waals surface area (Å²) in [6, 6.07) is 6.60. The number of tetrazole rings is 1. The first-order valence-electron chi connectivity index (χ1n) is 12.6. The van der Waals surface area contributed by atoms with Crippen LogP contribution in [0.2, 0.25) is 0 Å². The number of benzene rings is 1. The third kappa shape index (κ3) is 5.53. The molecule has 1 fully saturated rings. The average Bonchev–Trinajstić information content (AvgIpc) is 3.51. The highest BCUT2D eigenvalue weighted by atomic mass is 16.5. The molecule has 0 bridgehead atoms. The van der Waals surface area contributed by atoms with Crippen molar-refractivity contribution < 1.29 is 4.74 Å². The fraction of sp³-hybridized carbons (Fsp3) is 0.462. The molecule has 3 aromatic heterocycles. The van der Waals surface area contributed by atoms with Crippen molar-refractivity contribution in [3.8, 4) is 16.9 Å². The van der Waals surface area contributed by atoms with Gasteiger partial charge in [-0.2, -0.15) is 5.10 Å². The lowest BCUT2D eigenvalue weighted by molar-refractivity contribution is 0.192. The van der Waals surface area contributed by atoms with Gasteiger partial charge in [0.15, 0.2) is 0 Å². The van der Waals surface area contributed by atoms with E-state index in [1.54, 1.807) is 11.0 Å². The monoisotopic (exact) mass is 487 g/mol. The molecule has 1 atom stereocenters. The van der Waals surface area contributed by atoms with Crippen molar-refractivity contribution in [2.24, 2.45) is 5.92 Å². The first kappa shape index (κ1) is 23.9. The van der Waals surface area contributed by atoms with E-state index >= 15 is 0 Å². The largest absolute Gasteiger partial charge is 0.488 e. The van der Waals surface area contributed by atoms with E-state index in [1.807, 2.05) is 45.3 Å². The van der Waals surface area contributed by atoms with E-state index in [2.05, 4.69) is 54.7 Å². The second-order valence-corrected chi connectivity index (χ2v) is 9.88. The molecule has 3 heterocycles. The van der Waals surface area contributed by atoms with Crippen LogP contribution >= 0.6 is 0 Å². The van der Waals surface area contributed by atoms with Crippen LogP contribution in [0, 0.1) is 19.8 Å². The zero-order valence-electron chi connectivity index (χ0n) is 21.3. The van der Waals surface area contributed by atoms with Crippen LogP contribution in [0.25, 0.3) is 11.1 Å². The van der Waals surface area contributed by atoms with Crippen molar-refractivity contribution in [3.05, 3.63) is 54.4 Å². The summed E-state index contributed by atoms with van der Waals surface area (Å²) in [7, 11) is 0. The zero-order chi connectivity index (χ0) is 25.1. The summed E-state index contributed by atoms with van der Waals surface area (Å²) in [6.07, 6.45) is 12.1. The Morgan fingerprint density at radius 1 is 1.08 bits per heavy atom. The van der Waals surface area contributed by atoms with Gasteiger partial charge in [0.1, 0.15) is 18.2 Å². The Balaban J connectivity index is 1.25. The molecule has 1 N–H and O–H groups in total. The Bertz CT molecular complexity index is 1280. The third-order valence-corrected chi connectivity index (χ3v) is 6.86. The van der Waals surface area contributed by atoms with Crippen LogP contribution in [0.15, 0.2) is 43.1 Å². The molecular weight excluding hydrogens is 454 g/mol. The van der Waals surface area contributed by atoms with Gasteiger partial charge < -0.3 is 10.1 Å². The molecule has 1 aliphatic rings. The summed E-state index contributed by atoms with van der Waals surface area (Å²) in [5, 5.41) is 19.3. The molecule has 188 valence electrons. The van der Waals surface area contributed by atoms with E-state index in [9.17, 15) is 0 Å². The predicted molar refractivity (Wildman–Crippen MR) is 137 cm³/mol. The maximum absolute atomic E-state index is 6.18. The normalized spacial score (nSPS) is 18.7. The topological polar surface area (TPSA) is 108 Å². The highest BCUT2D eigenvalue weighted by molar-refractivity contribution is 5.65. The van der Waals surface area contributed by atoms with Gasteiger partial charge in [-0.25, -0.2) is 14.6 Å². The molecule has 36 heavy (non-hydrogen) atoms. The predicted octanol–water partition coefficient (Wildman–Crippen LogP) is 4.91. The molecule has 0 amide bonds. The molecule has 0 aliphatic heterocycles. The van der Waals surface area contributed by atoms with Crippen molar-refractivity contribution in [3.63, 3.8) is 0 Å². The van der Waals surface area contributed by atoms with Crippen LogP contribution < -0.4 is 10.1 Å². The van der Waals surface area contributed by atoms with Gasteiger partial charge in [-0.15, -0.1) is 5.10 Å². The molecule has 1 saturated carbocycles. The zero-order valence-corrected chi connectivity index (χ0v) is 21.3. The quantitative estimate of drug-likeness (QED) is 0.374. The van der Waals surface area contributed by atoms with Gasteiger partial charge >= 0.3 is 0 Å². The molecule has 0 radical (unpaired) electrons. The summed E-state index contributed by atoms with van der Waals surface area (Å²) in [5.74, 6) is 2.19. The summed E-state index contributed by atoms with van der Waals surface area (Å²) < 4.78 is 9.95. The molecule has 4 aromatic rings. The van der Waals surface area contributed by atoms with Gasteiger partial charge in [0.25, 0.3) is 0 Å². The number of hydrogen-bond acceptors (Lipinski definition) is 8. The van der Waals surface area contributed by atoms with Crippen LogP contribution in [0.3, 0.4) is 0 Å². The smallest absolute Gasteiger partial charge is 0.227 e. The number of ether oxygens (including phenoxy) is 1. The fourth-order valence-corrected chi connectivity index (χ4v) is 4.65. The van der Waals surface area contributed by atoms with Gasteiger partial charge in [0, 0.05) is 24.2 Å². The molecule has 0 saturated heterocycles. The van der Waals surface area contributed by atoms with Gasteiger partial charge in [-0.3, -0.25) is 4.68 Å². The molecule has 10 heteroatoms. The van der Waals surface area contributed by atoms with E-state index in [4.69, 9.17) is 9.84 Å². The molecule has 10 nitrogen and oxygen atoms in total. The van der Waals surface area contributed by atoms with Gasteiger partial charge in [0.05, 0.1) is 24.0 Å². The summed E-state index contributed by atoms with van der Waals surface area (Å²) in [6.45, 7) is 8.95. The molecule has 0 spiro atoms. The van der Waals surface area contributed by atoms with Crippen molar-refractivity contribution in [2.75, 3.05) is 5.32 Å². The standard InChI is InChI=1S/C26H33N9O/c1-17-5-9-23(10-6-17)35-15-24(20(4)31-35)30-26-27-12-22(13-28-26)21-8-7-18(2)25(11-21)36-19(3)14-34-16-29-32-33-34/h7-8,11-13,15-17,19,23H,5-6,9-10,14H2,1-4H3,(H,27,28,30)/t17?,19-,23?/m0/s1. The number of hydrogen-bond donors (Lipinski definition) is 1. The lowest BCUT2D eigenvalue weighted by Crippen LogP contribution is -2.20. The second-order valence-electron chi connectivity index (χ2n) is 9.88. The third-order valence-electron chi connectivity index (χ3n) is 6.86. The van der Waals surface area contributed by atoms with Crippen molar-refractivity contribution >= 4 is 11.6 Å². The lowest BCUT2D eigenvalue weighted by Gasteiger charge is -2.26. The highest BCUT2D eigenvalue weighted by Gasteiger charge is 2.21. The van der Waals surface area contributed by atoms with Crippen LogP contribution in [-0.4, -0.2) is 46.1 Å². The van der Waals surface area contributed by atoms with Crippen LogP contribution in [0.5, 0.6) is 5.75 Å². The fourth-order valence-electron chi connectivity index (χ4n) is 4.65. The minimum atomic E-state index is -0.0913. The number of aryl methyl sites for hydroxylation is 2. The highest BCUT2D eigenvalue weighted by Crippen LogP contribution is 2.33. The maximum Gasteiger partial charge on any atom is 0.227 e. The van der Waals surface area contributed by atoms with E-state index in [1.165, 1.54) is 25.7 Å². The van der Waals surface area contributed by atoms with Gasteiger partial charge in [-0.05, 0) is 80.0 Å². The summed E-state index contributed by atoms with van der Waals surface area (Å²) >= 11 is 0. The minimum Gasteiger partial charge on any atom is -0.488 e.